The zero-order valence-corrected chi connectivity index (χ0v) is 14.3. The summed E-state index contributed by atoms with van der Waals surface area (Å²) >= 11 is 1.97. The van der Waals surface area contributed by atoms with E-state index in [1.165, 1.54) is 69.1 Å². The van der Waals surface area contributed by atoms with Gasteiger partial charge in [-0.1, -0.05) is 87.9 Å². The molecule has 1 aliphatic rings. The first-order chi connectivity index (χ1) is 10.4. The minimum Gasteiger partial charge on any atom is -0.0949 e. The average molecular weight is 303 g/mol. The normalized spacial score (nSPS) is 18.5. The summed E-state index contributed by atoms with van der Waals surface area (Å²) in [5.74, 6) is 0.955. The molecule has 0 aliphatic heterocycles. The highest BCUT2D eigenvalue weighted by molar-refractivity contribution is 8.03. The molecule has 0 N–H and O–H groups in total. The third-order valence-corrected chi connectivity index (χ3v) is 5.58. The summed E-state index contributed by atoms with van der Waals surface area (Å²) in [6, 6.07) is 10.8. The van der Waals surface area contributed by atoms with Crippen molar-refractivity contribution in [3.63, 3.8) is 0 Å². The van der Waals surface area contributed by atoms with Crippen LogP contribution in [0.5, 0.6) is 0 Å². The van der Waals surface area contributed by atoms with E-state index in [0.717, 1.165) is 5.92 Å². The zero-order valence-electron chi connectivity index (χ0n) is 13.5. The fourth-order valence-corrected chi connectivity index (χ4v) is 4.07. The number of hydrogen-bond acceptors (Lipinski definition) is 1. The van der Waals surface area contributed by atoms with Crippen molar-refractivity contribution in [1.82, 2.24) is 0 Å². The zero-order chi connectivity index (χ0) is 14.8. The average Bonchev–Trinajstić information content (AvgIpc) is 2.53. The van der Waals surface area contributed by atoms with Crippen molar-refractivity contribution in [2.24, 2.45) is 5.92 Å². The number of allylic oxidation sites excluding steroid dienone is 2. The summed E-state index contributed by atoms with van der Waals surface area (Å²) in [4.78, 5) is 2.97. The van der Waals surface area contributed by atoms with E-state index in [0.29, 0.717) is 0 Å². The number of unbranched alkanes of at least 4 members (excludes halogenated alkanes) is 5. The Labute approximate surface area is 135 Å². The Balaban J connectivity index is 1.61. The van der Waals surface area contributed by atoms with Crippen LogP contribution in [0.15, 0.2) is 46.2 Å². The first-order valence-electron chi connectivity index (χ1n) is 8.80. The van der Waals surface area contributed by atoms with Crippen LogP contribution in [0.4, 0.5) is 0 Å². The topological polar surface area (TPSA) is 0 Å². The molecular weight excluding hydrogens is 272 g/mol. The van der Waals surface area contributed by atoms with E-state index < -0.39 is 0 Å². The van der Waals surface area contributed by atoms with Crippen LogP contribution in [0.1, 0.15) is 71.1 Å². The van der Waals surface area contributed by atoms with E-state index in [-0.39, 0.29) is 0 Å². The van der Waals surface area contributed by atoms with Gasteiger partial charge < -0.3 is 0 Å². The molecule has 116 valence electrons. The molecule has 1 aromatic carbocycles. The second kappa shape index (κ2) is 10.1. The molecule has 0 radical (unpaired) electrons. The van der Waals surface area contributed by atoms with Crippen LogP contribution in [0.25, 0.3) is 0 Å². The molecule has 21 heavy (non-hydrogen) atoms. The number of rotatable bonds is 9. The number of hydrogen-bond donors (Lipinski definition) is 0. The smallest absolute Gasteiger partial charge is 0.0118 e. The van der Waals surface area contributed by atoms with Gasteiger partial charge in [-0.2, -0.15) is 0 Å². The van der Waals surface area contributed by atoms with Crippen LogP contribution in [0, 0.1) is 5.92 Å². The molecule has 0 saturated carbocycles. The Morgan fingerprint density at radius 1 is 1.00 bits per heavy atom. The fraction of sp³-hybridized carbons (Fsp3) is 0.600. The first-order valence-corrected chi connectivity index (χ1v) is 9.62. The minimum atomic E-state index is 0.955. The minimum absolute atomic E-state index is 0.955. The molecule has 1 atom stereocenters. The van der Waals surface area contributed by atoms with Gasteiger partial charge in [0.25, 0.3) is 0 Å². The summed E-state index contributed by atoms with van der Waals surface area (Å²) in [6.07, 6.45) is 16.5. The predicted molar refractivity (Wildman–Crippen MR) is 95.7 cm³/mol. The second-order valence-electron chi connectivity index (χ2n) is 6.28. The lowest BCUT2D eigenvalue weighted by atomic mass is 9.89. The maximum Gasteiger partial charge on any atom is 0.0118 e. The van der Waals surface area contributed by atoms with Gasteiger partial charge in [0.1, 0.15) is 0 Å². The van der Waals surface area contributed by atoms with Crippen molar-refractivity contribution in [2.75, 3.05) is 0 Å². The van der Waals surface area contributed by atoms with Gasteiger partial charge in [0.15, 0.2) is 0 Å². The Morgan fingerprint density at radius 3 is 2.48 bits per heavy atom. The van der Waals surface area contributed by atoms with Crippen LogP contribution in [-0.2, 0) is 0 Å². The van der Waals surface area contributed by atoms with Gasteiger partial charge in [0.05, 0.1) is 0 Å². The van der Waals surface area contributed by atoms with E-state index in [2.05, 4.69) is 43.3 Å². The van der Waals surface area contributed by atoms with Gasteiger partial charge in [0, 0.05) is 4.90 Å². The lowest BCUT2D eigenvalue weighted by molar-refractivity contribution is 0.417. The third-order valence-electron chi connectivity index (χ3n) is 4.44. The van der Waals surface area contributed by atoms with E-state index in [9.17, 15) is 0 Å². The van der Waals surface area contributed by atoms with Crippen LogP contribution in [-0.4, -0.2) is 0 Å². The second-order valence-corrected chi connectivity index (χ2v) is 7.48. The number of thioether (sulfide) groups is 1. The molecule has 1 heteroatoms. The first kappa shape index (κ1) is 16.7. The molecule has 0 heterocycles. The van der Waals surface area contributed by atoms with E-state index in [1.54, 1.807) is 4.91 Å². The predicted octanol–water partition coefficient (Wildman–Crippen LogP) is 7.21. The van der Waals surface area contributed by atoms with Gasteiger partial charge in [-0.15, -0.1) is 0 Å². The highest BCUT2D eigenvalue weighted by Crippen LogP contribution is 2.36. The van der Waals surface area contributed by atoms with Crippen LogP contribution in [0.3, 0.4) is 0 Å². The molecule has 0 bridgehead atoms. The molecule has 1 unspecified atom stereocenters. The largest absolute Gasteiger partial charge is 0.0949 e. The van der Waals surface area contributed by atoms with E-state index in [1.807, 2.05) is 11.8 Å². The summed E-state index contributed by atoms with van der Waals surface area (Å²) in [5, 5.41) is 0. The Bertz CT molecular complexity index is 407. The quantitative estimate of drug-likeness (QED) is 0.434. The number of benzene rings is 1. The lowest BCUT2D eigenvalue weighted by Crippen LogP contribution is -2.04. The fourth-order valence-electron chi connectivity index (χ4n) is 3.07. The van der Waals surface area contributed by atoms with Crippen molar-refractivity contribution in [3.8, 4) is 0 Å². The highest BCUT2D eigenvalue weighted by Gasteiger charge is 2.14. The summed E-state index contributed by atoms with van der Waals surface area (Å²) in [7, 11) is 0. The van der Waals surface area contributed by atoms with E-state index >= 15 is 0 Å². The van der Waals surface area contributed by atoms with Crippen molar-refractivity contribution in [1.29, 1.82) is 0 Å². The van der Waals surface area contributed by atoms with E-state index in [4.69, 9.17) is 0 Å². The molecule has 2 rings (SSSR count). The molecule has 1 aromatic rings. The molecule has 1 aliphatic carbocycles. The van der Waals surface area contributed by atoms with Gasteiger partial charge in [-0.05, 0) is 42.2 Å². The van der Waals surface area contributed by atoms with Gasteiger partial charge in [-0.25, -0.2) is 0 Å². The monoisotopic (exact) mass is 302 g/mol. The van der Waals surface area contributed by atoms with Crippen molar-refractivity contribution in [2.45, 2.75) is 76.0 Å². The van der Waals surface area contributed by atoms with Crippen LogP contribution in [0.2, 0.25) is 0 Å². The molecule has 0 saturated heterocycles. The molecular formula is C20H30S. The van der Waals surface area contributed by atoms with Crippen molar-refractivity contribution >= 4 is 11.8 Å². The van der Waals surface area contributed by atoms with Crippen LogP contribution < -0.4 is 0 Å². The molecule has 0 spiro atoms. The van der Waals surface area contributed by atoms with Gasteiger partial charge in [0.2, 0.25) is 0 Å². The molecule has 0 amide bonds. The summed E-state index contributed by atoms with van der Waals surface area (Å²) in [5.41, 5.74) is 0. The maximum atomic E-state index is 2.50. The third kappa shape index (κ3) is 6.74. The molecule has 0 aromatic heterocycles. The SMILES string of the molecule is CCCCCCCCC1CC=C(Sc2ccccc2)CC1. The summed E-state index contributed by atoms with van der Waals surface area (Å²) < 4.78 is 0. The summed E-state index contributed by atoms with van der Waals surface area (Å²) in [6.45, 7) is 2.29. The Kier molecular flexibility index (Phi) is 8.03. The lowest BCUT2D eigenvalue weighted by Gasteiger charge is -2.21. The Morgan fingerprint density at radius 2 is 1.76 bits per heavy atom. The highest BCUT2D eigenvalue weighted by atomic mass is 32.2. The Hall–Kier alpha value is -0.690. The van der Waals surface area contributed by atoms with Gasteiger partial charge in [-0.3, -0.25) is 0 Å². The van der Waals surface area contributed by atoms with Crippen LogP contribution >= 0.6 is 11.8 Å². The maximum absolute atomic E-state index is 2.50. The molecule has 0 nitrogen and oxygen atoms in total. The van der Waals surface area contributed by atoms with Crippen molar-refractivity contribution in [3.05, 3.63) is 41.3 Å². The van der Waals surface area contributed by atoms with Crippen molar-refractivity contribution < 1.29 is 0 Å². The van der Waals surface area contributed by atoms with Gasteiger partial charge >= 0.3 is 0 Å². The molecule has 0 fully saturated rings. The standard InChI is InChI=1S/C20H30S/c1-2-3-4-5-6-8-11-18-14-16-20(17-15-18)21-19-12-9-7-10-13-19/h7,9-10,12-13,16,18H,2-6,8,11,14-15,17H2,1H3.